The van der Waals surface area contributed by atoms with E-state index in [1.807, 2.05) is 0 Å². The van der Waals surface area contributed by atoms with Gasteiger partial charge in [0.2, 0.25) is 5.91 Å². The average Bonchev–Trinajstić information content (AvgIpc) is 2.18. The monoisotopic (exact) mass is 245 g/mol. The molecule has 0 spiro atoms. The van der Waals surface area contributed by atoms with Crippen LogP contribution in [0.15, 0.2) is 0 Å². The van der Waals surface area contributed by atoms with Crippen LogP contribution in [0.25, 0.3) is 0 Å². The molecule has 0 rings (SSSR count). The molecule has 0 unspecified atom stereocenters. The highest BCUT2D eigenvalue weighted by atomic mass is 32.1. The second-order valence-electron chi connectivity index (χ2n) is 5.19. The zero-order valence-electron chi connectivity index (χ0n) is 11.0. The van der Waals surface area contributed by atoms with Crippen LogP contribution < -0.4 is 5.32 Å². The number of hydrogen-bond donors (Lipinski definition) is 2. The first-order valence-corrected chi connectivity index (χ1v) is 7.02. The van der Waals surface area contributed by atoms with Gasteiger partial charge in [-0.2, -0.15) is 12.6 Å². The van der Waals surface area contributed by atoms with Crippen molar-refractivity contribution in [2.45, 2.75) is 59.3 Å². The van der Waals surface area contributed by atoms with Gasteiger partial charge in [0, 0.05) is 13.0 Å². The van der Waals surface area contributed by atoms with Gasteiger partial charge in [0.15, 0.2) is 0 Å². The van der Waals surface area contributed by atoms with Crippen molar-refractivity contribution in [2.24, 2.45) is 5.41 Å². The van der Waals surface area contributed by atoms with Crippen molar-refractivity contribution in [2.75, 3.05) is 12.3 Å². The van der Waals surface area contributed by atoms with E-state index in [0.29, 0.717) is 17.6 Å². The molecule has 0 bridgehead atoms. The highest BCUT2D eigenvalue weighted by Gasteiger charge is 2.16. The third-order valence-corrected chi connectivity index (χ3v) is 3.14. The number of amides is 1. The highest BCUT2D eigenvalue weighted by molar-refractivity contribution is 7.80. The molecule has 0 saturated heterocycles. The Labute approximate surface area is 106 Å². The predicted molar refractivity (Wildman–Crippen MR) is 74.0 cm³/mol. The molecule has 0 aromatic heterocycles. The molecule has 0 aromatic carbocycles. The Kier molecular flexibility index (Phi) is 8.81. The summed E-state index contributed by atoms with van der Waals surface area (Å²) >= 11 is 4.04. The Morgan fingerprint density at radius 1 is 1.25 bits per heavy atom. The topological polar surface area (TPSA) is 29.1 Å². The van der Waals surface area contributed by atoms with Gasteiger partial charge in [0.1, 0.15) is 0 Å². The number of carbonyl (C=O) groups is 1. The Morgan fingerprint density at radius 3 is 2.50 bits per heavy atom. The lowest BCUT2D eigenvalue weighted by Gasteiger charge is -2.24. The lowest BCUT2D eigenvalue weighted by Crippen LogP contribution is -2.28. The maximum Gasteiger partial charge on any atom is 0.220 e. The predicted octanol–water partition coefficient (Wildman–Crippen LogP) is 3.42. The summed E-state index contributed by atoms with van der Waals surface area (Å²) in [5.74, 6) is 0.755. The van der Waals surface area contributed by atoms with Crippen LogP contribution in [-0.4, -0.2) is 18.2 Å². The number of carbonyl (C=O) groups excluding carboxylic acids is 1. The number of hydrogen-bond acceptors (Lipinski definition) is 2. The average molecular weight is 245 g/mol. The fraction of sp³-hybridized carbons (Fsp3) is 0.923. The number of unbranched alkanes of at least 4 members (excludes halogenated alkanes) is 2. The van der Waals surface area contributed by atoms with E-state index >= 15 is 0 Å². The molecule has 0 atom stereocenters. The molecule has 16 heavy (non-hydrogen) atoms. The highest BCUT2D eigenvalue weighted by Crippen LogP contribution is 2.27. The van der Waals surface area contributed by atoms with Crippen LogP contribution in [0.2, 0.25) is 0 Å². The molecule has 0 heterocycles. The summed E-state index contributed by atoms with van der Waals surface area (Å²) in [6.45, 7) is 7.59. The van der Waals surface area contributed by atoms with Gasteiger partial charge in [-0.25, -0.2) is 0 Å². The first-order valence-electron chi connectivity index (χ1n) is 6.39. The van der Waals surface area contributed by atoms with Gasteiger partial charge >= 0.3 is 0 Å². The van der Waals surface area contributed by atoms with Crippen LogP contribution >= 0.6 is 12.6 Å². The van der Waals surface area contributed by atoms with E-state index in [9.17, 15) is 4.79 Å². The molecule has 3 heteroatoms. The largest absolute Gasteiger partial charge is 0.356 e. The van der Waals surface area contributed by atoms with Gasteiger partial charge in [0.05, 0.1) is 0 Å². The maximum atomic E-state index is 11.2. The molecule has 0 fully saturated rings. The molecule has 1 amide bonds. The SMILES string of the molecule is CCCCCC(C)(C)CCNC(=O)CCS. The molecular weight excluding hydrogens is 218 g/mol. The van der Waals surface area contributed by atoms with E-state index in [1.165, 1.54) is 25.7 Å². The molecule has 0 aliphatic carbocycles. The maximum absolute atomic E-state index is 11.2. The smallest absolute Gasteiger partial charge is 0.220 e. The standard InChI is InChI=1S/C13H27NOS/c1-4-5-6-8-13(2,3)9-10-14-12(15)7-11-16/h16H,4-11H2,1-3H3,(H,14,15). The van der Waals surface area contributed by atoms with Gasteiger partial charge in [-0.05, 0) is 24.0 Å². The van der Waals surface area contributed by atoms with Crippen molar-refractivity contribution in [1.82, 2.24) is 5.32 Å². The van der Waals surface area contributed by atoms with Crippen molar-refractivity contribution in [3.05, 3.63) is 0 Å². The molecule has 0 radical (unpaired) electrons. The minimum atomic E-state index is 0.124. The minimum Gasteiger partial charge on any atom is -0.356 e. The summed E-state index contributed by atoms with van der Waals surface area (Å²) < 4.78 is 0. The normalized spacial score (nSPS) is 11.5. The fourth-order valence-corrected chi connectivity index (χ4v) is 1.91. The lowest BCUT2D eigenvalue weighted by atomic mass is 9.83. The van der Waals surface area contributed by atoms with E-state index in [2.05, 4.69) is 38.7 Å². The van der Waals surface area contributed by atoms with E-state index in [1.54, 1.807) is 0 Å². The molecule has 0 saturated carbocycles. The van der Waals surface area contributed by atoms with Crippen molar-refractivity contribution in [3.8, 4) is 0 Å². The summed E-state index contributed by atoms with van der Waals surface area (Å²) in [5.41, 5.74) is 0.351. The minimum absolute atomic E-state index is 0.124. The zero-order valence-corrected chi connectivity index (χ0v) is 11.9. The van der Waals surface area contributed by atoms with Crippen LogP contribution in [0.1, 0.15) is 59.3 Å². The Morgan fingerprint density at radius 2 is 1.94 bits per heavy atom. The van der Waals surface area contributed by atoms with Gasteiger partial charge < -0.3 is 5.32 Å². The number of nitrogens with one attached hydrogen (secondary N) is 1. The number of thiol groups is 1. The summed E-state index contributed by atoms with van der Waals surface area (Å²) in [6.07, 6.45) is 6.73. The molecule has 2 nitrogen and oxygen atoms in total. The van der Waals surface area contributed by atoms with Crippen LogP contribution in [0.3, 0.4) is 0 Å². The third kappa shape index (κ3) is 9.08. The molecule has 0 aliphatic rings. The Balaban J connectivity index is 3.60. The van der Waals surface area contributed by atoms with Crippen LogP contribution in [-0.2, 0) is 4.79 Å². The summed E-state index contributed by atoms with van der Waals surface area (Å²) in [6, 6.07) is 0. The van der Waals surface area contributed by atoms with Gasteiger partial charge in [-0.1, -0.05) is 40.0 Å². The van der Waals surface area contributed by atoms with Crippen LogP contribution in [0.5, 0.6) is 0 Å². The zero-order chi connectivity index (χ0) is 12.4. The molecule has 0 aliphatic heterocycles. The summed E-state index contributed by atoms with van der Waals surface area (Å²) in [4.78, 5) is 11.2. The second-order valence-corrected chi connectivity index (χ2v) is 5.64. The first-order chi connectivity index (χ1) is 7.52. The second kappa shape index (κ2) is 8.91. The number of rotatable bonds is 9. The van der Waals surface area contributed by atoms with Crippen molar-refractivity contribution < 1.29 is 4.79 Å². The van der Waals surface area contributed by atoms with Crippen molar-refractivity contribution >= 4 is 18.5 Å². The molecular formula is C13H27NOS. The summed E-state index contributed by atoms with van der Waals surface area (Å²) in [5, 5.41) is 2.94. The summed E-state index contributed by atoms with van der Waals surface area (Å²) in [7, 11) is 0. The third-order valence-electron chi connectivity index (χ3n) is 2.92. The quantitative estimate of drug-likeness (QED) is 0.473. The van der Waals surface area contributed by atoms with E-state index in [4.69, 9.17) is 0 Å². The van der Waals surface area contributed by atoms with E-state index in [-0.39, 0.29) is 5.91 Å². The Hall–Kier alpha value is -0.180. The molecule has 0 aromatic rings. The van der Waals surface area contributed by atoms with Gasteiger partial charge in [-0.15, -0.1) is 0 Å². The fourth-order valence-electron chi connectivity index (χ4n) is 1.71. The van der Waals surface area contributed by atoms with E-state index < -0.39 is 0 Å². The van der Waals surface area contributed by atoms with Gasteiger partial charge in [-0.3, -0.25) is 4.79 Å². The van der Waals surface area contributed by atoms with Crippen molar-refractivity contribution in [1.29, 1.82) is 0 Å². The Bertz CT molecular complexity index is 192. The van der Waals surface area contributed by atoms with Gasteiger partial charge in [0.25, 0.3) is 0 Å². The van der Waals surface area contributed by atoms with Crippen molar-refractivity contribution in [3.63, 3.8) is 0 Å². The van der Waals surface area contributed by atoms with Crippen LogP contribution in [0.4, 0.5) is 0 Å². The van der Waals surface area contributed by atoms with E-state index in [0.717, 1.165) is 13.0 Å². The van der Waals surface area contributed by atoms with Crippen LogP contribution in [0, 0.1) is 5.41 Å². The molecule has 1 N–H and O–H groups in total. The first kappa shape index (κ1) is 15.8. The molecule has 96 valence electrons. The lowest BCUT2D eigenvalue weighted by molar-refractivity contribution is -0.120.